The molecular weight excluding hydrogens is 290 g/mol. The Morgan fingerprint density at radius 1 is 1.37 bits per heavy atom. The number of nitro groups is 1. The molecule has 2 unspecified atom stereocenters. The minimum atomic E-state index is -3.67. The van der Waals surface area contributed by atoms with Crippen LogP contribution in [0.25, 0.3) is 0 Å². The van der Waals surface area contributed by atoms with Crippen LogP contribution in [0, 0.1) is 10.1 Å². The van der Waals surface area contributed by atoms with Gasteiger partial charge in [-0.3, -0.25) is 10.1 Å². The first-order chi connectivity index (χ1) is 8.64. The van der Waals surface area contributed by atoms with Crippen molar-refractivity contribution in [2.75, 3.05) is 6.26 Å². The second kappa shape index (κ2) is 5.89. The SMILES string of the molecule is CC(O)C(C)Sc1cccc(S(C)(=O)=O)c1[N+](=O)[O-]. The van der Waals surface area contributed by atoms with Crippen molar-refractivity contribution in [3.8, 4) is 0 Å². The summed E-state index contributed by atoms with van der Waals surface area (Å²) < 4.78 is 23.1. The Labute approximate surface area is 115 Å². The zero-order chi connectivity index (χ0) is 14.8. The summed E-state index contributed by atoms with van der Waals surface area (Å²) in [6.07, 6.45) is 0.272. The van der Waals surface area contributed by atoms with Crippen molar-refractivity contribution >= 4 is 27.3 Å². The van der Waals surface area contributed by atoms with Gasteiger partial charge >= 0.3 is 5.69 Å². The van der Waals surface area contributed by atoms with E-state index in [1.807, 2.05) is 0 Å². The molecule has 2 atom stereocenters. The van der Waals surface area contributed by atoms with Crippen molar-refractivity contribution in [3.63, 3.8) is 0 Å². The minimum absolute atomic E-state index is 0.237. The van der Waals surface area contributed by atoms with Crippen molar-refractivity contribution in [1.29, 1.82) is 0 Å². The largest absolute Gasteiger partial charge is 0.392 e. The molecule has 1 rings (SSSR count). The summed E-state index contributed by atoms with van der Waals surface area (Å²) in [5, 5.41) is 20.3. The van der Waals surface area contributed by atoms with E-state index in [0.29, 0.717) is 0 Å². The van der Waals surface area contributed by atoms with Crippen molar-refractivity contribution < 1.29 is 18.4 Å². The molecule has 0 aromatic heterocycles. The molecule has 0 fully saturated rings. The van der Waals surface area contributed by atoms with Crippen LogP contribution in [-0.2, 0) is 9.84 Å². The number of hydrogen-bond donors (Lipinski definition) is 1. The highest BCUT2D eigenvalue weighted by atomic mass is 32.2. The highest BCUT2D eigenvalue weighted by Gasteiger charge is 2.27. The second-order valence-corrected chi connectivity index (χ2v) is 7.60. The number of hydrogen-bond acceptors (Lipinski definition) is 6. The summed E-state index contributed by atoms with van der Waals surface area (Å²) in [5.74, 6) is 0. The lowest BCUT2D eigenvalue weighted by Crippen LogP contribution is -2.15. The van der Waals surface area contributed by atoms with E-state index in [0.717, 1.165) is 18.0 Å². The maximum Gasteiger partial charge on any atom is 0.301 e. The van der Waals surface area contributed by atoms with Crippen molar-refractivity contribution in [2.24, 2.45) is 0 Å². The summed E-state index contributed by atoms with van der Waals surface area (Å²) in [5.41, 5.74) is -0.428. The van der Waals surface area contributed by atoms with Gasteiger partial charge in [0.1, 0.15) is 4.90 Å². The predicted molar refractivity (Wildman–Crippen MR) is 73.2 cm³/mol. The Balaban J connectivity index is 3.38. The van der Waals surface area contributed by atoms with Gasteiger partial charge in [-0.25, -0.2) is 8.42 Å². The molecule has 0 amide bonds. The van der Waals surface area contributed by atoms with Crippen LogP contribution < -0.4 is 0 Å². The Bertz CT molecular complexity index is 583. The van der Waals surface area contributed by atoms with E-state index < -0.39 is 26.6 Å². The molecule has 19 heavy (non-hydrogen) atoms. The summed E-state index contributed by atoms with van der Waals surface area (Å²) >= 11 is 1.08. The van der Waals surface area contributed by atoms with Crippen LogP contribution in [0.15, 0.2) is 28.0 Å². The van der Waals surface area contributed by atoms with Crippen molar-refractivity contribution in [3.05, 3.63) is 28.3 Å². The molecule has 0 heterocycles. The fourth-order valence-electron chi connectivity index (χ4n) is 1.38. The Kier molecular flexibility index (Phi) is 4.94. The van der Waals surface area contributed by atoms with Crippen LogP contribution >= 0.6 is 11.8 Å². The number of nitro benzene ring substituents is 1. The van der Waals surface area contributed by atoms with E-state index in [1.54, 1.807) is 13.8 Å². The van der Waals surface area contributed by atoms with Gasteiger partial charge in [0.05, 0.1) is 15.9 Å². The third-order valence-corrected chi connectivity index (χ3v) is 5.01. The number of para-hydroxylation sites is 1. The molecule has 0 aliphatic carbocycles. The summed E-state index contributed by atoms with van der Waals surface area (Å²) in [6, 6.07) is 4.15. The molecule has 1 aromatic carbocycles. The van der Waals surface area contributed by atoms with E-state index in [1.165, 1.54) is 18.2 Å². The molecule has 0 aliphatic heterocycles. The summed E-state index contributed by atoms with van der Waals surface area (Å²) in [6.45, 7) is 3.29. The first-order valence-corrected chi connectivity index (χ1v) is 8.24. The van der Waals surface area contributed by atoms with E-state index in [2.05, 4.69) is 0 Å². The molecule has 0 bridgehead atoms. The number of aliphatic hydroxyl groups excluding tert-OH is 1. The quantitative estimate of drug-likeness (QED) is 0.506. The molecule has 106 valence electrons. The molecule has 6 nitrogen and oxygen atoms in total. The summed E-state index contributed by atoms with van der Waals surface area (Å²) in [4.78, 5) is 10.3. The van der Waals surface area contributed by atoms with Gasteiger partial charge in [-0.1, -0.05) is 13.0 Å². The van der Waals surface area contributed by atoms with Crippen LogP contribution in [-0.4, -0.2) is 36.1 Å². The third kappa shape index (κ3) is 3.92. The zero-order valence-electron chi connectivity index (χ0n) is 10.7. The first-order valence-electron chi connectivity index (χ1n) is 5.46. The summed E-state index contributed by atoms with van der Waals surface area (Å²) in [7, 11) is -3.67. The fraction of sp³-hybridized carbons (Fsp3) is 0.455. The average molecular weight is 305 g/mol. The van der Waals surface area contributed by atoms with Gasteiger partial charge in [-0.2, -0.15) is 0 Å². The van der Waals surface area contributed by atoms with Gasteiger partial charge in [-0.15, -0.1) is 11.8 Å². The van der Waals surface area contributed by atoms with E-state index in [-0.39, 0.29) is 15.0 Å². The van der Waals surface area contributed by atoms with Gasteiger partial charge in [0.25, 0.3) is 0 Å². The monoisotopic (exact) mass is 305 g/mol. The Morgan fingerprint density at radius 2 is 1.95 bits per heavy atom. The number of thioether (sulfide) groups is 1. The van der Waals surface area contributed by atoms with Gasteiger partial charge in [0.2, 0.25) is 0 Å². The van der Waals surface area contributed by atoms with Gasteiger partial charge in [0, 0.05) is 11.5 Å². The van der Waals surface area contributed by atoms with Crippen LogP contribution in [0.2, 0.25) is 0 Å². The minimum Gasteiger partial charge on any atom is -0.392 e. The Morgan fingerprint density at radius 3 is 2.37 bits per heavy atom. The normalized spacial score (nSPS) is 14.9. The molecule has 8 heteroatoms. The molecule has 0 spiro atoms. The second-order valence-electron chi connectivity index (χ2n) is 4.20. The van der Waals surface area contributed by atoms with E-state index >= 15 is 0 Å². The molecule has 0 aliphatic rings. The molecule has 0 saturated heterocycles. The lowest BCUT2D eigenvalue weighted by Gasteiger charge is -2.14. The zero-order valence-corrected chi connectivity index (χ0v) is 12.4. The van der Waals surface area contributed by atoms with Crippen LogP contribution in [0.5, 0.6) is 0 Å². The van der Waals surface area contributed by atoms with Crippen LogP contribution in [0.4, 0.5) is 5.69 Å². The van der Waals surface area contributed by atoms with E-state index in [9.17, 15) is 23.6 Å². The Hall–Kier alpha value is -1.12. The highest BCUT2D eigenvalue weighted by molar-refractivity contribution is 8.00. The van der Waals surface area contributed by atoms with Crippen molar-refractivity contribution in [2.45, 2.75) is 35.0 Å². The molecule has 1 N–H and O–H groups in total. The first kappa shape index (κ1) is 15.9. The molecular formula is C11H15NO5S2. The highest BCUT2D eigenvalue weighted by Crippen LogP contribution is 2.37. The smallest absolute Gasteiger partial charge is 0.301 e. The lowest BCUT2D eigenvalue weighted by atomic mass is 10.3. The van der Waals surface area contributed by atoms with Crippen LogP contribution in [0.3, 0.4) is 0 Å². The number of rotatable bonds is 5. The van der Waals surface area contributed by atoms with Crippen molar-refractivity contribution in [1.82, 2.24) is 0 Å². The number of aliphatic hydroxyl groups is 1. The lowest BCUT2D eigenvalue weighted by molar-refractivity contribution is -0.390. The number of benzene rings is 1. The van der Waals surface area contributed by atoms with Gasteiger partial charge < -0.3 is 5.11 Å². The number of nitrogens with zero attached hydrogens (tertiary/aromatic N) is 1. The van der Waals surface area contributed by atoms with Gasteiger partial charge in [0.15, 0.2) is 9.84 Å². The maximum absolute atomic E-state index is 11.6. The fourth-order valence-corrected chi connectivity index (χ4v) is 3.35. The van der Waals surface area contributed by atoms with Gasteiger partial charge in [-0.05, 0) is 19.1 Å². The predicted octanol–water partition coefficient (Wildman–Crippen LogP) is 1.86. The maximum atomic E-state index is 11.6. The topological polar surface area (TPSA) is 97.5 Å². The molecule has 0 radical (unpaired) electrons. The standard InChI is InChI=1S/C11H15NO5S2/c1-7(13)8(2)18-9-5-4-6-10(19(3,16)17)11(9)12(14)15/h4-8,13H,1-3H3. The average Bonchev–Trinajstić information content (AvgIpc) is 2.26. The third-order valence-electron chi connectivity index (χ3n) is 2.54. The molecule has 1 aromatic rings. The molecule has 0 saturated carbocycles. The van der Waals surface area contributed by atoms with E-state index in [4.69, 9.17) is 0 Å². The number of sulfone groups is 1. The van der Waals surface area contributed by atoms with Crippen LogP contribution in [0.1, 0.15) is 13.8 Å².